The van der Waals surface area contributed by atoms with Crippen molar-refractivity contribution in [2.24, 2.45) is 11.7 Å². The number of nitrogens with two attached hydrogens (primary N) is 1. The summed E-state index contributed by atoms with van der Waals surface area (Å²) in [5, 5.41) is 3.11. The van der Waals surface area contributed by atoms with E-state index in [1.807, 2.05) is 13.8 Å². The second-order valence-electron chi connectivity index (χ2n) is 5.98. The molecule has 4 nitrogen and oxygen atoms in total. The van der Waals surface area contributed by atoms with E-state index in [-0.39, 0.29) is 17.9 Å². The molecule has 1 aliphatic heterocycles. The average molecular weight is 269 g/mol. The lowest BCUT2D eigenvalue weighted by Crippen LogP contribution is -2.41. The van der Waals surface area contributed by atoms with Crippen molar-refractivity contribution in [3.8, 4) is 0 Å². The SMILES string of the molecule is CCN1CCCC1CNC(=O)C(C)CCCC(C)N. The fourth-order valence-electron chi connectivity index (χ4n) is 2.81. The van der Waals surface area contributed by atoms with Gasteiger partial charge in [-0.2, -0.15) is 0 Å². The third-order valence-corrected chi connectivity index (χ3v) is 4.16. The second kappa shape index (κ2) is 8.54. The highest BCUT2D eigenvalue weighted by molar-refractivity contribution is 5.78. The zero-order chi connectivity index (χ0) is 14.3. The number of rotatable bonds is 8. The van der Waals surface area contributed by atoms with Crippen LogP contribution in [0.1, 0.15) is 52.9 Å². The molecule has 1 fully saturated rings. The Morgan fingerprint density at radius 2 is 2.16 bits per heavy atom. The smallest absolute Gasteiger partial charge is 0.222 e. The molecule has 1 saturated heterocycles. The molecule has 1 aliphatic rings. The van der Waals surface area contributed by atoms with Crippen molar-refractivity contribution in [3.63, 3.8) is 0 Å². The number of carbonyl (C=O) groups is 1. The molecule has 3 atom stereocenters. The van der Waals surface area contributed by atoms with Gasteiger partial charge in [-0.3, -0.25) is 9.69 Å². The van der Waals surface area contributed by atoms with Gasteiger partial charge in [0.2, 0.25) is 5.91 Å². The van der Waals surface area contributed by atoms with Crippen LogP contribution in [-0.2, 0) is 4.79 Å². The van der Waals surface area contributed by atoms with E-state index in [4.69, 9.17) is 5.73 Å². The van der Waals surface area contributed by atoms with Gasteiger partial charge in [-0.15, -0.1) is 0 Å². The molecule has 0 aromatic rings. The van der Waals surface area contributed by atoms with Crippen LogP contribution in [0.15, 0.2) is 0 Å². The molecule has 3 unspecified atom stereocenters. The number of carbonyl (C=O) groups excluding carboxylic acids is 1. The van der Waals surface area contributed by atoms with Crippen LogP contribution in [0, 0.1) is 5.92 Å². The lowest BCUT2D eigenvalue weighted by atomic mass is 10.0. The Balaban J connectivity index is 2.19. The van der Waals surface area contributed by atoms with Gasteiger partial charge in [0.15, 0.2) is 0 Å². The van der Waals surface area contributed by atoms with Gasteiger partial charge in [-0.1, -0.05) is 20.3 Å². The minimum Gasteiger partial charge on any atom is -0.354 e. The van der Waals surface area contributed by atoms with Crippen molar-refractivity contribution < 1.29 is 4.79 Å². The van der Waals surface area contributed by atoms with Crippen molar-refractivity contribution in [2.45, 2.75) is 65.0 Å². The fraction of sp³-hybridized carbons (Fsp3) is 0.933. The summed E-state index contributed by atoms with van der Waals surface area (Å²) in [4.78, 5) is 14.5. The third kappa shape index (κ3) is 5.91. The van der Waals surface area contributed by atoms with Gasteiger partial charge in [0.1, 0.15) is 0 Å². The normalized spacial score (nSPS) is 23.3. The highest BCUT2D eigenvalue weighted by atomic mass is 16.1. The first-order valence-electron chi connectivity index (χ1n) is 7.82. The Hall–Kier alpha value is -0.610. The summed E-state index contributed by atoms with van der Waals surface area (Å²) in [6, 6.07) is 0.789. The second-order valence-corrected chi connectivity index (χ2v) is 5.98. The Labute approximate surface area is 118 Å². The molecule has 0 bridgehead atoms. The fourth-order valence-corrected chi connectivity index (χ4v) is 2.81. The number of hydrogen-bond acceptors (Lipinski definition) is 3. The number of nitrogens with zero attached hydrogens (tertiary/aromatic N) is 1. The first-order valence-corrected chi connectivity index (χ1v) is 7.82. The molecule has 112 valence electrons. The highest BCUT2D eigenvalue weighted by Crippen LogP contribution is 2.16. The minimum absolute atomic E-state index is 0.107. The summed E-state index contributed by atoms with van der Waals surface area (Å²) in [6.45, 7) is 9.30. The van der Waals surface area contributed by atoms with Gasteiger partial charge >= 0.3 is 0 Å². The maximum Gasteiger partial charge on any atom is 0.222 e. The van der Waals surface area contributed by atoms with Crippen LogP contribution in [-0.4, -0.2) is 42.5 Å². The van der Waals surface area contributed by atoms with Crippen LogP contribution in [0.2, 0.25) is 0 Å². The Morgan fingerprint density at radius 3 is 2.79 bits per heavy atom. The molecule has 0 aromatic heterocycles. The standard InChI is InChI=1S/C15H31N3O/c1-4-18-10-6-9-14(18)11-17-15(19)12(2)7-5-8-13(3)16/h12-14H,4-11,16H2,1-3H3,(H,17,19). The Bertz CT molecular complexity index is 268. The van der Waals surface area contributed by atoms with Gasteiger partial charge in [0.25, 0.3) is 0 Å². The van der Waals surface area contributed by atoms with Crippen LogP contribution in [0.25, 0.3) is 0 Å². The van der Waals surface area contributed by atoms with E-state index < -0.39 is 0 Å². The number of nitrogens with one attached hydrogen (secondary N) is 1. The van der Waals surface area contributed by atoms with Gasteiger partial charge in [-0.25, -0.2) is 0 Å². The molecule has 0 radical (unpaired) electrons. The number of hydrogen-bond donors (Lipinski definition) is 2. The van der Waals surface area contributed by atoms with Gasteiger partial charge in [0, 0.05) is 24.5 Å². The van der Waals surface area contributed by atoms with Crippen molar-refractivity contribution >= 4 is 5.91 Å². The van der Waals surface area contributed by atoms with E-state index in [9.17, 15) is 4.79 Å². The summed E-state index contributed by atoms with van der Waals surface area (Å²) in [7, 11) is 0. The first kappa shape index (κ1) is 16.4. The average Bonchev–Trinajstić information content (AvgIpc) is 2.82. The van der Waals surface area contributed by atoms with Crippen molar-refractivity contribution in [3.05, 3.63) is 0 Å². The van der Waals surface area contributed by atoms with Crippen LogP contribution < -0.4 is 11.1 Å². The molecule has 0 aromatic carbocycles. The van der Waals surface area contributed by atoms with Crippen LogP contribution in [0.4, 0.5) is 0 Å². The maximum absolute atomic E-state index is 12.0. The lowest BCUT2D eigenvalue weighted by molar-refractivity contribution is -0.124. The summed E-state index contributed by atoms with van der Waals surface area (Å²) in [5.74, 6) is 0.308. The van der Waals surface area contributed by atoms with Gasteiger partial charge in [0.05, 0.1) is 0 Å². The summed E-state index contributed by atoms with van der Waals surface area (Å²) in [6.07, 6.45) is 5.46. The van der Waals surface area contributed by atoms with E-state index in [1.165, 1.54) is 19.4 Å². The Morgan fingerprint density at radius 1 is 1.42 bits per heavy atom. The third-order valence-electron chi connectivity index (χ3n) is 4.16. The maximum atomic E-state index is 12.0. The molecule has 0 saturated carbocycles. The van der Waals surface area contributed by atoms with Crippen LogP contribution >= 0.6 is 0 Å². The van der Waals surface area contributed by atoms with Crippen LogP contribution in [0.3, 0.4) is 0 Å². The quantitative estimate of drug-likeness (QED) is 0.705. The monoisotopic (exact) mass is 269 g/mol. The number of likely N-dealkylation sites (N-methyl/N-ethyl adjacent to an activating group) is 1. The largest absolute Gasteiger partial charge is 0.354 e. The van der Waals surface area contributed by atoms with E-state index in [2.05, 4.69) is 17.1 Å². The summed E-state index contributed by atoms with van der Waals surface area (Å²) < 4.78 is 0. The van der Waals surface area contributed by atoms with Crippen LogP contribution in [0.5, 0.6) is 0 Å². The molecule has 0 aliphatic carbocycles. The zero-order valence-electron chi connectivity index (χ0n) is 12.8. The lowest BCUT2D eigenvalue weighted by Gasteiger charge is -2.23. The molecule has 1 amide bonds. The minimum atomic E-state index is 0.107. The van der Waals surface area contributed by atoms with E-state index in [0.717, 1.165) is 32.4 Å². The van der Waals surface area contributed by atoms with Gasteiger partial charge in [-0.05, 0) is 45.7 Å². The molecule has 4 heteroatoms. The van der Waals surface area contributed by atoms with Crippen molar-refractivity contribution in [1.29, 1.82) is 0 Å². The summed E-state index contributed by atoms with van der Waals surface area (Å²) in [5.41, 5.74) is 5.72. The Kier molecular flexibility index (Phi) is 7.39. The summed E-state index contributed by atoms with van der Waals surface area (Å²) >= 11 is 0. The topological polar surface area (TPSA) is 58.4 Å². The number of likely N-dealkylation sites (tertiary alicyclic amines) is 1. The molecular formula is C15H31N3O. The van der Waals surface area contributed by atoms with Crippen molar-refractivity contribution in [2.75, 3.05) is 19.6 Å². The van der Waals surface area contributed by atoms with E-state index >= 15 is 0 Å². The molecular weight excluding hydrogens is 238 g/mol. The highest BCUT2D eigenvalue weighted by Gasteiger charge is 2.23. The molecule has 19 heavy (non-hydrogen) atoms. The molecule has 1 heterocycles. The molecule has 3 N–H and O–H groups in total. The zero-order valence-corrected chi connectivity index (χ0v) is 12.8. The predicted octanol–water partition coefficient (Wildman–Crippen LogP) is 1.74. The molecule has 1 rings (SSSR count). The van der Waals surface area contributed by atoms with E-state index in [0.29, 0.717) is 6.04 Å². The number of amides is 1. The van der Waals surface area contributed by atoms with Gasteiger partial charge < -0.3 is 11.1 Å². The first-order chi connectivity index (χ1) is 9.04. The van der Waals surface area contributed by atoms with E-state index in [1.54, 1.807) is 0 Å². The van der Waals surface area contributed by atoms with Crippen molar-refractivity contribution in [1.82, 2.24) is 10.2 Å². The molecule has 0 spiro atoms. The predicted molar refractivity (Wildman–Crippen MR) is 79.9 cm³/mol.